The van der Waals surface area contributed by atoms with Crippen molar-refractivity contribution in [2.45, 2.75) is 20.0 Å². The highest BCUT2D eigenvalue weighted by Gasteiger charge is 2.34. The maximum absolute atomic E-state index is 13.5. The molecule has 0 radical (unpaired) electrons. The molecule has 3 amide bonds. The van der Waals surface area contributed by atoms with Crippen LogP contribution in [0.2, 0.25) is 0 Å². The van der Waals surface area contributed by atoms with Crippen LogP contribution in [-0.4, -0.2) is 64.3 Å². The number of benzene rings is 1. The van der Waals surface area contributed by atoms with E-state index in [0.717, 1.165) is 25.7 Å². The minimum atomic E-state index is -4.94. The molecule has 2 N–H and O–H groups in total. The first-order chi connectivity index (χ1) is 17.0. The number of aromatic nitrogens is 3. The summed E-state index contributed by atoms with van der Waals surface area (Å²) < 4.78 is 54.1. The fraction of sp³-hybridized carbons (Fsp3) is 0.391. The molecule has 1 saturated heterocycles. The van der Waals surface area contributed by atoms with Crippen molar-refractivity contribution in [3.8, 4) is 0 Å². The third-order valence-corrected chi connectivity index (χ3v) is 6.14. The van der Waals surface area contributed by atoms with E-state index in [1.165, 1.54) is 6.20 Å². The summed E-state index contributed by atoms with van der Waals surface area (Å²) in [6.45, 7) is 7.63. The van der Waals surface area contributed by atoms with Gasteiger partial charge in [-0.25, -0.2) is 14.2 Å². The Labute approximate surface area is 216 Å². The van der Waals surface area contributed by atoms with Gasteiger partial charge in [-0.05, 0) is 31.7 Å². The van der Waals surface area contributed by atoms with Crippen molar-refractivity contribution >= 4 is 46.8 Å². The number of carbonyl (C=O) groups is 2. The molecule has 0 aliphatic carbocycles. The van der Waals surface area contributed by atoms with E-state index in [1.54, 1.807) is 18.7 Å². The van der Waals surface area contributed by atoms with E-state index in [2.05, 4.69) is 32.5 Å². The van der Waals surface area contributed by atoms with Crippen molar-refractivity contribution in [3.05, 3.63) is 47.0 Å². The molecule has 1 aliphatic heterocycles. The number of amides is 3. The number of aryl methyl sites for hydroxylation is 2. The highest BCUT2D eigenvalue weighted by Crippen LogP contribution is 2.34. The third-order valence-electron chi connectivity index (χ3n) is 6.14. The van der Waals surface area contributed by atoms with Gasteiger partial charge in [-0.2, -0.15) is 18.3 Å². The summed E-state index contributed by atoms with van der Waals surface area (Å²) in [5.74, 6) is -2.25. The zero-order valence-corrected chi connectivity index (χ0v) is 21.1. The Morgan fingerprint density at radius 1 is 1.14 bits per heavy atom. The number of nitrogens with zero attached hydrogens (tertiary/aromatic N) is 5. The molecule has 9 nitrogen and oxygen atoms in total. The van der Waals surface area contributed by atoms with Gasteiger partial charge in [-0.3, -0.25) is 14.8 Å². The summed E-state index contributed by atoms with van der Waals surface area (Å²) in [6, 6.07) is 0.964. The normalized spacial score (nSPS) is 14.4. The van der Waals surface area contributed by atoms with Crippen molar-refractivity contribution < 1.29 is 27.2 Å². The molecular weight excluding hydrogens is 518 g/mol. The highest BCUT2D eigenvalue weighted by atomic mass is 35.5. The van der Waals surface area contributed by atoms with E-state index >= 15 is 0 Å². The molecule has 3 heterocycles. The number of piperazine rings is 1. The van der Waals surface area contributed by atoms with E-state index in [0.29, 0.717) is 47.6 Å². The van der Waals surface area contributed by atoms with Gasteiger partial charge in [0, 0.05) is 45.1 Å². The number of pyridine rings is 1. The van der Waals surface area contributed by atoms with Crippen LogP contribution in [-0.2, 0) is 13.2 Å². The second kappa shape index (κ2) is 10.9. The molecule has 14 heteroatoms. The van der Waals surface area contributed by atoms with Crippen molar-refractivity contribution in [1.29, 1.82) is 0 Å². The van der Waals surface area contributed by atoms with Crippen LogP contribution >= 0.6 is 12.4 Å². The van der Waals surface area contributed by atoms with Gasteiger partial charge in [0.15, 0.2) is 5.65 Å². The molecule has 0 bridgehead atoms. The molecule has 37 heavy (non-hydrogen) atoms. The number of hydrogen-bond donors (Lipinski definition) is 2. The number of nitrogens with one attached hydrogen (secondary N) is 2. The molecule has 200 valence electrons. The van der Waals surface area contributed by atoms with E-state index < -0.39 is 29.5 Å². The van der Waals surface area contributed by atoms with Gasteiger partial charge in [0.2, 0.25) is 0 Å². The van der Waals surface area contributed by atoms with Crippen LogP contribution in [0.5, 0.6) is 0 Å². The minimum absolute atomic E-state index is 0. The number of anilines is 2. The Balaban J connectivity index is 0.00000380. The number of urea groups is 1. The highest BCUT2D eigenvalue weighted by molar-refractivity contribution is 6.13. The van der Waals surface area contributed by atoms with Crippen molar-refractivity contribution in [3.63, 3.8) is 0 Å². The van der Waals surface area contributed by atoms with Crippen molar-refractivity contribution in [2.24, 2.45) is 7.05 Å². The lowest BCUT2D eigenvalue weighted by Gasteiger charge is -2.36. The van der Waals surface area contributed by atoms with Crippen LogP contribution in [0.15, 0.2) is 24.4 Å². The maximum atomic E-state index is 13.5. The third kappa shape index (κ3) is 5.77. The fourth-order valence-corrected chi connectivity index (χ4v) is 4.33. The summed E-state index contributed by atoms with van der Waals surface area (Å²) in [6.07, 6.45) is -3.58. The number of halogens is 5. The van der Waals surface area contributed by atoms with Crippen LogP contribution in [0.25, 0.3) is 11.0 Å². The van der Waals surface area contributed by atoms with Gasteiger partial charge < -0.3 is 15.1 Å². The summed E-state index contributed by atoms with van der Waals surface area (Å²) in [5, 5.41) is 9.39. The number of fused-ring (bicyclic) bond motifs is 1. The summed E-state index contributed by atoms with van der Waals surface area (Å²) in [7, 11) is 1.74. The smallest absolute Gasteiger partial charge is 0.368 e. The van der Waals surface area contributed by atoms with Gasteiger partial charge in [0.1, 0.15) is 5.82 Å². The van der Waals surface area contributed by atoms with E-state index in [4.69, 9.17) is 0 Å². The number of alkyl halides is 3. The predicted octanol–water partition coefficient (Wildman–Crippen LogP) is 3.96. The molecule has 3 aromatic rings. The van der Waals surface area contributed by atoms with E-state index in [1.807, 2.05) is 4.90 Å². The Morgan fingerprint density at radius 2 is 1.81 bits per heavy atom. The number of hydrogen-bond acceptors (Lipinski definition) is 6. The van der Waals surface area contributed by atoms with Crippen LogP contribution in [0.1, 0.15) is 28.5 Å². The maximum Gasteiger partial charge on any atom is 0.419 e. The second-order valence-electron chi connectivity index (χ2n) is 8.45. The second-order valence-corrected chi connectivity index (χ2v) is 8.45. The molecule has 4 rings (SSSR count). The number of carbonyl (C=O) groups excluding carboxylic acids is 2. The predicted molar refractivity (Wildman–Crippen MR) is 133 cm³/mol. The Morgan fingerprint density at radius 3 is 2.43 bits per heavy atom. The van der Waals surface area contributed by atoms with Crippen molar-refractivity contribution in [1.82, 2.24) is 25.0 Å². The van der Waals surface area contributed by atoms with Crippen LogP contribution in [0.4, 0.5) is 33.7 Å². The lowest BCUT2D eigenvalue weighted by atomic mass is 10.1. The zero-order valence-electron chi connectivity index (χ0n) is 20.3. The summed E-state index contributed by atoms with van der Waals surface area (Å²) in [4.78, 5) is 34.3. The zero-order chi connectivity index (χ0) is 26.2. The number of likely N-dealkylation sites (N-methyl/N-ethyl adjacent to an activating group) is 1. The largest absolute Gasteiger partial charge is 0.419 e. The molecule has 0 spiro atoms. The van der Waals surface area contributed by atoms with Gasteiger partial charge in [-0.1, -0.05) is 6.92 Å². The molecule has 0 saturated carbocycles. The number of rotatable bonds is 4. The molecule has 1 aliphatic rings. The van der Waals surface area contributed by atoms with E-state index in [-0.39, 0.29) is 23.7 Å². The molecule has 1 aromatic carbocycles. The lowest BCUT2D eigenvalue weighted by Crippen LogP contribution is -2.47. The standard InChI is InChI=1S/C23H25F4N7O2.ClH/c1-4-33-7-9-34(10-8-33)19-15(12-28-20-18(19)13(2)31-32(20)3)21(35)30-22(36)29-14-5-6-17(24)16(11-14)23(25,26)27;/h5-6,11-12H,4,7-10H2,1-3H3,(H2,29,30,35,36);1H. The fourth-order valence-electron chi connectivity index (χ4n) is 4.33. The average Bonchev–Trinajstić information content (AvgIpc) is 3.12. The average molecular weight is 544 g/mol. The van der Waals surface area contributed by atoms with Crippen molar-refractivity contribution in [2.75, 3.05) is 42.9 Å². The van der Waals surface area contributed by atoms with Gasteiger partial charge in [0.05, 0.1) is 27.9 Å². The van der Waals surface area contributed by atoms with Crippen LogP contribution in [0, 0.1) is 12.7 Å². The Kier molecular flexibility index (Phi) is 8.28. The number of imide groups is 1. The monoisotopic (exact) mass is 543 g/mol. The van der Waals surface area contributed by atoms with Gasteiger partial charge >= 0.3 is 12.2 Å². The first-order valence-corrected chi connectivity index (χ1v) is 11.3. The minimum Gasteiger partial charge on any atom is -0.368 e. The SMILES string of the molecule is CCN1CCN(c2c(C(=O)NC(=O)Nc3ccc(F)c(C(F)(F)F)c3)cnc3c2c(C)nn3C)CC1.Cl. The topological polar surface area (TPSA) is 95.4 Å². The lowest BCUT2D eigenvalue weighted by molar-refractivity contribution is -0.139. The first-order valence-electron chi connectivity index (χ1n) is 11.3. The molecule has 1 fully saturated rings. The summed E-state index contributed by atoms with van der Waals surface area (Å²) >= 11 is 0. The molecule has 0 unspecified atom stereocenters. The summed E-state index contributed by atoms with van der Waals surface area (Å²) in [5.41, 5.74) is 0.121. The molecule has 0 atom stereocenters. The molecule has 2 aromatic heterocycles. The Bertz CT molecular complexity index is 1320. The quantitative estimate of drug-likeness (QED) is 0.484. The van der Waals surface area contributed by atoms with E-state index in [9.17, 15) is 27.2 Å². The van der Waals surface area contributed by atoms with Gasteiger partial charge in [0.25, 0.3) is 5.91 Å². The first kappa shape index (κ1) is 28.1. The van der Waals surface area contributed by atoms with Gasteiger partial charge in [-0.15, -0.1) is 12.4 Å². The van der Waals surface area contributed by atoms with Crippen LogP contribution < -0.4 is 15.5 Å². The Hall–Kier alpha value is -3.45. The van der Waals surface area contributed by atoms with Crippen LogP contribution in [0.3, 0.4) is 0 Å². The molecular formula is C23H26ClF4N7O2.